The third-order valence-electron chi connectivity index (χ3n) is 3.17. The predicted octanol–water partition coefficient (Wildman–Crippen LogP) is 3.21. The average molecular weight is 204 g/mol. The molecule has 1 aromatic carbocycles. The van der Waals surface area contributed by atoms with Gasteiger partial charge in [-0.1, -0.05) is 12.1 Å². The maximum absolute atomic E-state index is 5.96. The summed E-state index contributed by atoms with van der Waals surface area (Å²) in [6.07, 6.45) is 3.74. The highest BCUT2D eigenvalue weighted by Crippen LogP contribution is 2.45. The largest absolute Gasteiger partial charge is 0.463 e. The van der Waals surface area contributed by atoms with Crippen LogP contribution in [0, 0.1) is 0 Å². The highest BCUT2D eigenvalue weighted by Gasteiger charge is 2.36. The van der Waals surface area contributed by atoms with Gasteiger partial charge in [-0.15, -0.1) is 0 Å². The smallest absolute Gasteiger partial charge is 0.205 e. The van der Waals surface area contributed by atoms with E-state index in [4.69, 9.17) is 9.47 Å². The van der Waals surface area contributed by atoms with Crippen LogP contribution < -0.4 is 4.74 Å². The van der Waals surface area contributed by atoms with E-state index in [0.717, 1.165) is 18.6 Å². The van der Waals surface area contributed by atoms with E-state index >= 15 is 0 Å². The fourth-order valence-electron chi connectivity index (χ4n) is 2.63. The normalized spacial score (nSPS) is 26.7. The summed E-state index contributed by atoms with van der Waals surface area (Å²) in [6, 6.07) is 6.33. The SMILES string of the molecule is CC1(C)Oc2cccc3c2C(CCC3)O1. The molecular formula is C13H16O2. The number of aryl methyl sites for hydroxylation is 1. The number of ether oxygens (including phenoxy) is 2. The van der Waals surface area contributed by atoms with Crippen molar-refractivity contribution in [2.24, 2.45) is 0 Å². The van der Waals surface area contributed by atoms with Crippen LogP contribution in [0.25, 0.3) is 0 Å². The lowest BCUT2D eigenvalue weighted by Crippen LogP contribution is -2.39. The standard InChI is InChI=1S/C13H16O2/c1-13(2)14-10-7-3-5-9-6-4-8-11(15-13)12(9)10/h3,5,7,11H,4,6,8H2,1-2H3. The molecule has 2 aliphatic rings. The van der Waals surface area contributed by atoms with Crippen molar-refractivity contribution in [2.75, 3.05) is 0 Å². The van der Waals surface area contributed by atoms with Gasteiger partial charge in [0.1, 0.15) is 5.75 Å². The monoisotopic (exact) mass is 204 g/mol. The Kier molecular flexibility index (Phi) is 1.84. The van der Waals surface area contributed by atoms with Gasteiger partial charge in [-0.2, -0.15) is 0 Å². The molecule has 0 fully saturated rings. The molecule has 3 rings (SSSR count). The van der Waals surface area contributed by atoms with E-state index in [-0.39, 0.29) is 6.10 Å². The van der Waals surface area contributed by atoms with E-state index in [1.165, 1.54) is 17.5 Å². The van der Waals surface area contributed by atoms with Crippen LogP contribution in [0.3, 0.4) is 0 Å². The van der Waals surface area contributed by atoms with Gasteiger partial charge in [0.2, 0.25) is 5.79 Å². The van der Waals surface area contributed by atoms with Gasteiger partial charge in [0.15, 0.2) is 0 Å². The molecule has 0 saturated carbocycles. The molecule has 15 heavy (non-hydrogen) atoms. The van der Waals surface area contributed by atoms with Crippen molar-refractivity contribution in [1.29, 1.82) is 0 Å². The fourth-order valence-corrected chi connectivity index (χ4v) is 2.63. The second-order valence-electron chi connectivity index (χ2n) is 4.83. The minimum Gasteiger partial charge on any atom is -0.463 e. The summed E-state index contributed by atoms with van der Waals surface area (Å²) in [5.41, 5.74) is 2.70. The number of benzene rings is 1. The molecule has 0 amide bonds. The van der Waals surface area contributed by atoms with Gasteiger partial charge < -0.3 is 9.47 Å². The molecule has 0 bridgehead atoms. The van der Waals surface area contributed by atoms with Crippen LogP contribution in [-0.2, 0) is 11.2 Å². The Morgan fingerprint density at radius 2 is 2.20 bits per heavy atom. The van der Waals surface area contributed by atoms with Gasteiger partial charge in [0, 0.05) is 19.4 Å². The summed E-state index contributed by atoms with van der Waals surface area (Å²) >= 11 is 0. The first kappa shape index (κ1) is 9.22. The summed E-state index contributed by atoms with van der Waals surface area (Å²) in [7, 11) is 0. The summed E-state index contributed by atoms with van der Waals surface area (Å²) in [6.45, 7) is 3.97. The van der Waals surface area contributed by atoms with Gasteiger partial charge in [-0.25, -0.2) is 0 Å². The van der Waals surface area contributed by atoms with E-state index in [9.17, 15) is 0 Å². The minimum absolute atomic E-state index is 0.244. The zero-order valence-corrected chi connectivity index (χ0v) is 9.25. The Morgan fingerprint density at radius 1 is 1.33 bits per heavy atom. The maximum Gasteiger partial charge on any atom is 0.205 e. The third-order valence-corrected chi connectivity index (χ3v) is 3.17. The molecule has 0 saturated heterocycles. The van der Waals surface area contributed by atoms with Crippen molar-refractivity contribution in [3.05, 3.63) is 29.3 Å². The Labute approximate surface area is 90.2 Å². The molecule has 0 N–H and O–H groups in total. The van der Waals surface area contributed by atoms with Crippen molar-refractivity contribution in [2.45, 2.75) is 45.0 Å². The molecule has 0 radical (unpaired) electrons. The quantitative estimate of drug-likeness (QED) is 0.646. The second-order valence-corrected chi connectivity index (χ2v) is 4.83. The van der Waals surface area contributed by atoms with Crippen LogP contribution in [0.5, 0.6) is 5.75 Å². The van der Waals surface area contributed by atoms with Gasteiger partial charge in [0.05, 0.1) is 6.10 Å². The lowest BCUT2D eigenvalue weighted by Gasteiger charge is -2.40. The number of hydrogen-bond donors (Lipinski definition) is 0. The van der Waals surface area contributed by atoms with Crippen LogP contribution >= 0.6 is 0 Å². The molecule has 2 nitrogen and oxygen atoms in total. The molecule has 2 heteroatoms. The molecule has 80 valence electrons. The van der Waals surface area contributed by atoms with E-state index in [2.05, 4.69) is 18.2 Å². The van der Waals surface area contributed by atoms with E-state index in [0.29, 0.717) is 0 Å². The molecule has 0 aromatic heterocycles. The summed E-state index contributed by atoms with van der Waals surface area (Å²) in [5.74, 6) is 0.543. The Balaban J connectivity index is 2.14. The van der Waals surface area contributed by atoms with Crippen molar-refractivity contribution < 1.29 is 9.47 Å². The molecule has 1 aliphatic carbocycles. The molecule has 1 atom stereocenters. The zero-order valence-electron chi connectivity index (χ0n) is 9.25. The number of hydrogen-bond acceptors (Lipinski definition) is 2. The maximum atomic E-state index is 5.96. The first-order valence-electron chi connectivity index (χ1n) is 5.64. The van der Waals surface area contributed by atoms with E-state index in [1.807, 2.05) is 13.8 Å². The summed E-state index contributed by atoms with van der Waals surface area (Å²) in [5, 5.41) is 0. The molecule has 0 spiro atoms. The molecule has 1 unspecified atom stereocenters. The minimum atomic E-state index is -0.479. The molecule has 1 aliphatic heterocycles. The molecular weight excluding hydrogens is 188 g/mol. The lowest BCUT2D eigenvalue weighted by molar-refractivity contribution is -0.210. The Morgan fingerprint density at radius 3 is 3.07 bits per heavy atom. The summed E-state index contributed by atoms with van der Waals surface area (Å²) in [4.78, 5) is 0. The zero-order chi connectivity index (χ0) is 10.5. The average Bonchev–Trinajstić information content (AvgIpc) is 2.16. The summed E-state index contributed by atoms with van der Waals surface area (Å²) < 4.78 is 11.8. The third kappa shape index (κ3) is 1.44. The van der Waals surface area contributed by atoms with Gasteiger partial charge in [-0.3, -0.25) is 0 Å². The lowest BCUT2D eigenvalue weighted by atomic mass is 9.88. The van der Waals surface area contributed by atoms with Crippen LogP contribution in [0.1, 0.15) is 43.9 Å². The van der Waals surface area contributed by atoms with E-state index in [1.54, 1.807) is 0 Å². The van der Waals surface area contributed by atoms with Crippen molar-refractivity contribution in [3.63, 3.8) is 0 Å². The van der Waals surface area contributed by atoms with Crippen LogP contribution in [0.4, 0.5) is 0 Å². The van der Waals surface area contributed by atoms with Gasteiger partial charge in [0.25, 0.3) is 0 Å². The highest BCUT2D eigenvalue weighted by molar-refractivity contribution is 5.44. The Hall–Kier alpha value is -1.02. The fraction of sp³-hybridized carbons (Fsp3) is 0.538. The van der Waals surface area contributed by atoms with E-state index < -0.39 is 5.79 Å². The highest BCUT2D eigenvalue weighted by atomic mass is 16.7. The predicted molar refractivity (Wildman–Crippen MR) is 57.9 cm³/mol. The first-order chi connectivity index (χ1) is 7.16. The molecule has 1 heterocycles. The topological polar surface area (TPSA) is 18.5 Å². The van der Waals surface area contributed by atoms with Crippen molar-refractivity contribution >= 4 is 0 Å². The van der Waals surface area contributed by atoms with Crippen LogP contribution in [-0.4, -0.2) is 5.79 Å². The second kappa shape index (κ2) is 2.99. The van der Waals surface area contributed by atoms with Crippen molar-refractivity contribution in [3.8, 4) is 5.75 Å². The Bertz CT molecular complexity index is 396. The molecule has 1 aromatic rings. The van der Waals surface area contributed by atoms with Crippen molar-refractivity contribution in [1.82, 2.24) is 0 Å². The van der Waals surface area contributed by atoms with Crippen LogP contribution in [0.2, 0.25) is 0 Å². The van der Waals surface area contributed by atoms with Crippen LogP contribution in [0.15, 0.2) is 18.2 Å². The number of rotatable bonds is 0. The van der Waals surface area contributed by atoms with Gasteiger partial charge in [-0.05, 0) is 30.9 Å². The van der Waals surface area contributed by atoms with Gasteiger partial charge >= 0.3 is 0 Å². The first-order valence-corrected chi connectivity index (χ1v) is 5.64.